The molecule has 9 heteroatoms. The van der Waals surface area contributed by atoms with Gasteiger partial charge in [-0.15, -0.1) is 18.3 Å². The van der Waals surface area contributed by atoms with E-state index in [2.05, 4.69) is 33.8 Å². The van der Waals surface area contributed by atoms with Gasteiger partial charge in [-0.25, -0.2) is 9.97 Å². The van der Waals surface area contributed by atoms with Crippen LogP contribution in [0.2, 0.25) is 0 Å². The summed E-state index contributed by atoms with van der Waals surface area (Å²) in [5.41, 5.74) is 1.48. The van der Waals surface area contributed by atoms with E-state index in [0.717, 1.165) is 17.0 Å². The van der Waals surface area contributed by atoms with Crippen molar-refractivity contribution in [3.8, 4) is 5.88 Å². The summed E-state index contributed by atoms with van der Waals surface area (Å²) >= 11 is 2.87. The largest absolute Gasteiger partial charge is 0.480 e. The topological polar surface area (TPSA) is 101 Å². The van der Waals surface area contributed by atoms with Crippen LogP contribution in [0, 0.1) is 5.41 Å². The van der Waals surface area contributed by atoms with Crippen LogP contribution in [0.25, 0.3) is 0 Å². The van der Waals surface area contributed by atoms with Gasteiger partial charge in [0.1, 0.15) is 5.03 Å². The number of pyridine rings is 1. The molecule has 148 valence electrons. The monoisotopic (exact) mass is 417 g/mol. The van der Waals surface area contributed by atoms with Crippen LogP contribution in [-0.2, 0) is 0 Å². The lowest BCUT2D eigenvalue weighted by Crippen LogP contribution is -2.31. The summed E-state index contributed by atoms with van der Waals surface area (Å²) in [5, 5.41) is 11.9. The first-order chi connectivity index (χ1) is 13.4. The van der Waals surface area contributed by atoms with Crippen molar-refractivity contribution in [2.75, 3.05) is 7.11 Å². The van der Waals surface area contributed by atoms with Gasteiger partial charge in [-0.2, -0.15) is 0 Å². The molecule has 0 aromatic carbocycles. The highest BCUT2D eigenvalue weighted by atomic mass is 32.2. The van der Waals surface area contributed by atoms with Crippen LogP contribution in [0.15, 0.2) is 54.1 Å². The second-order valence-electron chi connectivity index (χ2n) is 6.06. The Kier molecular flexibility index (Phi) is 8.46. The maximum absolute atomic E-state index is 12.2. The van der Waals surface area contributed by atoms with E-state index >= 15 is 0 Å². The number of nitrogens with one attached hydrogen (secondary N) is 2. The van der Waals surface area contributed by atoms with Gasteiger partial charge in [0.05, 0.1) is 19.5 Å². The molecule has 1 unspecified atom stereocenters. The Morgan fingerprint density at radius 1 is 1.32 bits per heavy atom. The van der Waals surface area contributed by atoms with Crippen molar-refractivity contribution in [3.05, 3.63) is 54.6 Å². The average Bonchev–Trinajstić information content (AvgIpc) is 2.68. The van der Waals surface area contributed by atoms with Gasteiger partial charge >= 0.3 is 0 Å². The number of hydrogen-bond acceptors (Lipinski definition) is 8. The zero-order valence-electron chi connectivity index (χ0n) is 16.0. The van der Waals surface area contributed by atoms with E-state index in [1.165, 1.54) is 11.8 Å². The molecule has 1 amide bonds. The Morgan fingerprint density at radius 2 is 2.04 bits per heavy atom. The summed E-state index contributed by atoms with van der Waals surface area (Å²) in [4.78, 5) is 24.6. The maximum atomic E-state index is 12.2. The number of allylic oxidation sites excluding steroid dienone is 1. The summed E-state index contributed by atoms with van der Waals surface area (Å²) in [5.74, 6) is 0.140. The number of thioether (sulfide) groups is 2. The first kappa shape index (κ1) is 21.9. The van der Waals surface area contributed by atoms with Gasteiger partial charge in [0.2, 0.25) is 5.88 Å². The number of amides is 1. The van der Waals surface area contributed by atoms with E-state index in [4.69, 9.17) is 10.1 Å². The van der Waals surface area contributed by atoms with Crippen LogP contribution in [0.3, 0.4) is 0 Å². The lowest BCUT2D eigenvalue weighted by molar-refractivity contribution is 0.0977. The Hall–Kier alpha value is -2.39. The highest BCUT2D eigenvalue weighted by molar-refractivity contribution is 8.15. The summed E-state index contributed by atoms with van der Waals surface area (Å²) < 4.78 is 5.03. The molecule has 2 heterocycles. The molecule has 2 N–H and O–H groups in total. The molecule has 28 heavy (non-hydrogen) atoms. The number of hydrogen-bond donors (Lipinski definition) is 2. The van der Waals surface area contributed by atoms with E-state index in [-0.39, 0.29) is 21.6 Å². The van der Waals surface area contributed by atoms with Crippen molar-refractivity contribution in [1.82, 2.24) is 20.3 Å². The summed E-state index contributed by atoms with van der Waals surface area (Å²) in [6.07, 6.45) is 7.05. The molecular formula is C19H23N5O2S2. The number of methoxy groups -OCH3 is 1. The first-order valence-electron chi connectivity index (χ1n) is 8.52. The van der Waals surface area contributed by atoms with Crippen LogP contribution in [0.4, 0.5) is 0 Å². The highest BCUT2D eigenvalue weighted by Crippen LogP contribution is 2.33. The molecule has 0 aliphatic rings. The molecule has 0 bridgehead atoms. The molecule has 2 aromatic rings. The Bertz CT molecular complexity index is 815. The number of rotatable bonds is 8. The Labute approximate surface area is 173 Å². The Morgan fingerprint density at radius 3 is 2.61 bits per heavy atom. The van der Waals surface area contributed by atoms with Crippen LogP contribution in [0.1, 0.15) is 30.6 Å². The summed E-state index contributed by atoms with van der Waals surface area (Å²) in [6, 6.07) is 3.22. The number of amidine groups is 1. The maximum Gasteiger partial charge on any atom is 0.257 e. The van der Waals surface area contributed by atoms with Gasteiger partial charge in [-0.3, -0.25) is 15.2 Å². The molecule has 0 aliphatic carbocycles. The second kappa shape index (κ2) is 10.8. The third-order valence-corrected chi connectivity index (χ3v) is 6.17. The van der Waals surface area contributed by atoms with Crippen LogP contribution >= 0.6 is 23.5 Å². The lowest BCUT2D eigenvalue weighted by atomic mass is 10.1. The van der Waals surface area contributed by atoms with E-state index in [0.29, 0.717) is 11.4 Å². The Balaban J connectivity index is 1.99. The molecule has 2 aromatic heterocycles. The molecule has 0 radical (unpaired) electrons. The number of aromatic nitrogens is 3. The highest BCUT2D eigenvalue weighted by Gasteiger charge is 2.23. The van der Waals surface area contributed by atoms with Crippen LogP contribution in [-0.4, -0.2) is 43.6 Å². The normalized spacial score (nSPS) is 12.7. The van der Waals surface area contributed by atoms with Crippen LogP contribution < -0.4 is 10.1 Å². The fourth-order valence-electron chi connectivity index (χ4n) is 2.24. The van der Waals surface area contributed by atoms with E-state index in [1.54, 1.807) is 55.8 Å². The number of carbonyl (C=O) groups is 1. The molecular weight excluding hydrogens is 394 g/mol. The number of ether oxygens (including phenoxy) is 1. The van der Waals surface area contributed by atoms with Gasteiger partial charge in [-0.1, -0.05) is 24.3 Å². The second-order valence-corrected chi connectivity index (χ2v) is 8.70. The van der Waals surface area contributed by atoms with Crippen LogP contribution in [0.5, 0.6) is 5.88 Å². The van der Waals surface area contributed by atoms with Crippen molar-refractivity contribution >= 4 is 34.6 Å². The molecule has 2 rings (SSSR count). The fraction of sp³-hybridized carbons (Fsp3) is 0.316. The summed E-state index contributed by atoms with van der Waals surface area (Å²) in [6.45, 7) is 8.01. The van der Waals surface area contributed by atoms with Crippen molar-refractivity contribution in [2.45, 2.75) is 35.8 Å². The predicted molar refractivity (Wildman–Crippen MR) is 114 cm³/mol. The quantitative estimate of drug-likeness (QED) is 0.292. The minimum Gasteiger partial charge on any atom is -0.480 e. The van der Waals surface area contributed by atoms with Gasteiger partial charge in [-0.05, 0) is 25.5 Å². The average molecular weight is 418 g/mol. The van der Waals surface area contributed by atoms with Gasteiger partial charge in [0.15, 0.2) is 5.17 Å². The van der Waals surface area contributed by atoms with Crippen molar-refractivity contribution in [2.24, 2.45) is 0 Å². The first-order valence-corrected chi connectivity index (χ1v) is 10.3. The van der Waals surface area contributed by atoms with Gasteiger partial charge in [0.25, 0.3) is 5.91 Å². The third-order valence-electron chi connectivity index (χ3n) is 3.63. The molecule has 7 nitrogen and oxygen atoms in total. The minimum atomic E-state index is -0.324. The zero-order valence-corrected chi connectivity index (χ0v) is 17.6. The lowest BCUT2D eigenvalue weighted by Gasteiger charge is -2.23. The van der Waals surface area contributed by atoms with E-state index in [1.807, 2.05) is 6.92 Å². The van der Waals surface area contributed by atoms with E-state index in [9.17, 15) is 4.79 Å². The third kappa shape index (κ3) is 6.97. The smallest absolute Gasteiger partial charge is 0.257 e. The number of carbonyl (C=O) groups excluding carboxylic acids is 1. The molecule has 0 aliphatic heterocycles. The summed E-state index contributed by atoms with van der Waals surface area (Å²) in [7, 11) is 1.55. The fourth-order valence-corrected chi connectivity index (χ4v) is 4.45. The number of nitrogens with zero attached hydrogens (tertiary/aromatic N) is 3. The minimum absolute atomic E-state index is 0.0386. The molecule has 0 spiro atoms. The standard InChI is InChI=1S/C19H23N5O2S2/c1-12(2)9-15(13(3)27-17-11-22-16(26-4)10-23-17)28-19(20)24-18(25)14-5-7-21-8-6-14/h5-8,10-11,13,15H,1,9H2,2-4H3,(H2,20,24,25)/t13-,15?/m0/s1. The van der Waals surface area contributed by atoms with Gasteiger partial charge in [0, 0.05) is 28.5 Å². The molecule has 0 fully saturated rings. The van der Waals surface area contributed by atoms with Crippen molar-refractivity contribution in [3.63, 3.8) is 0 Å². The molecule has 2 atom stereocenters. The van der Waals surface area contributed by atoms with Crippen molar-refractivity contribution < 1.29 is 9.53 Å². The SMILES string of the molecule is C=C(C)CC(SC(=N)NC(=O)c1ccncc1)[C@H](C)Sc1cnc(OC)cn1. The molecule has 0 saturated carbocycles. The van der Waals surface area contributed by atoms with Gasteiger partial charge < -0.3 is 10.1 Å². The zero-order chi connectivity index (χ0) is 20.5. The van der Waals surface area contributed by atoms with Crippen molar-refractivity contribution in [1.29, 1.82) is 5.41 Å². The van der Waals surface area contributed by atoms with E-state index < -0.39 is 0 Å². The molecule has 0 saturated heterocycles. The predicted octanol–water partition coefficient (Wildman–Crippen LogP) is 3.79.